The van der Waals surface area contributed by atoms with Crippen molar-refractivity contribution in [2.45, 2.75) is 6.10 Å². The number of anilines is 2. The number of rotatable bonds is 5. The molecule has 0 spiro atoms. The number of nitrogen functional groups attached to an aromatic ring is 1. The number of hydrogen-bond acceptors (Lipinski definition) is 8. The Hall–Kier alpha value is -3.60. The molecule has 1 aliphatic heterocycles. The van der Waals surface area contributed by atoms with Crippen molar-refractivity contribution in [3.05, 3.63) is 70.4 Å². The molecule has 5 rings (SSSR count). The van der Waals surface area contributed by atoms with E-state index in [0.717, 1.165) is 6.07 Å². The molecular weight excluding hydrogens is 492 g/mol. The number of aromatic nitrogens is 3. The van der Waals surface area contributed by atoms with Crippen LogP contribution in [0.2, 0.25) is 5.02 Å². The van der Waals surface area contributed by atoms with Gasteiger partial charge in [-0.2, -0.15) is 0 Å². The second-order valence-electron chi connectivity index (χ2n) is 8.27. The van der Waals surface area contributed by atoms with Crippen LogP contribution in [0.25, 0.3) is 22.0 Å². The molecule has 1 saturated heterocycles. The van der Waals surface area contributed by atoms with Gasteiger partial charge in [0.2, 0.25) is 5.88 Å². The molecule has 4 aromatic rings. The molecule has 2 aromatic carbocycles. The Morgan fingerprint density at radius 1 is 1.06 bits per heavy atom. The van der Waals surface area contributed by atoms with E-state index in [1.807, 2.05) is 4.90 Å². The highest BCUT2D eigenvalue weighted by molar-refractivity contribution is 6.31. The van der Waals surface area contributed by atoms with Crippen LogP contribution in [0.5, 0.6) is 5.88 Å². The lowest BCUT2D eigenvalue weighted by atomic mass is 9.95. The molecule has 0 amide bonds. The number of nitrogens with two attached hydrogens (primary N) is 1. The number of halogens is 3. The fraction of sp³-hybridized carbons (Fsp3) is 0.240. The summed E-state index contributed by atoms with van der Waals surface area (Å²) in [6.07, 6.45) is -1.32. The zero-order valence-electron chi connectivity index (χ0n) is 19.2. The van der Waals surface area contributed by atoms with E-state index in [0.29, 0.717) is 32.0 Å². The van der Waals surface area contributed by atoms with Crippen molar-refractivity contribution in [2.24, 2.45) is 0 Å². The number of benzene rings is 2. The van der Waals surface area contributed by atoms with Gasteiger partial charge in [-0.1, -0.05) is 11.6 Å². The number of hydrogen-bond donors (Lipinski definition) is 2. The highest BCUT2D eigenvalue weighted by Crippen LogP contribution is 2.39. The molecule has 11 heteroatoms. The van der Waals surface area contributed by atoms with E-state index in [1.54, 1.807) is 6.07 Å². The summed E-state index contributed by atoms with van der Waals surface area (Å²) in [5.41, 5.74) is 7.50. The van der Waals surface area contributed by atoms with Crippen LogP contribution < -0.4 is 15.4 Å². The summed E-state index contributed by atoms with van der Waals surface area (Å²) in [6.45, 7) is 2.30. The molecule has 1 atom stereocenters. The summed E-state index contributed by atoms with van der Waals surface area (Å²) >= 11 is 6.28. The summed E-state index contributed by atoms with van der Waals surface area (Å²) < 4.78 is 41.1. The average Bonchev–Trinajstić information content (AvgIpc) is 2.88. The number of pyridine rings is 1. The second kappa shape index (κ2) is 9.81. The fourth-order valence-corrected chi connectivity index (χ4v) is 4.52. The maximum absolute atomic E-state index is 15.5. The molecule has 0 bridgehead atoms. The first-order valence-electron chi connectivity index (χ1n) is 11.1. The molecule has 8 nitrogen and oxygen atoms in total. The lowest BCUT2D eigenvalue weighted by Gasteiger charge is -2.29. The third-order valence-corrected chi connectivity index (χ3v) is 6.39. The molecule has 0 unspecified atom stereocenters. The first-order chi connectivity index (χ1) is 17.4. The van der Waals surface area contributed by atoms with Crippen molar-refractivity contribution < 1.29 is 23.4 Å². The monoisotopic (exact) mass is 513 g/mol. The molecular formula is C25H22ClF2N5O3. The van der Waals surface area contributed by atoms with Crippen molar-refractivity contribution in [1.29, 1.82) is 0 Å². The summed E-state index contributed by atoms with van der Waals surface area (Å²) in [5, 5.41) is 18.8. The van der Waals surface area contributed by atoms with Gasteiger partial charge >= 0.3 is 0 Å². The molecule has 186 valence electrons. The van der Waals surface area contributed by atoms with Gasteiger partial charge in [0.05, 0.1) is 31.5 Å². The van der Waals surface area contributed by atoms with E-state index in [9.17, 15) is 5.11 Å². The Bertz CT molecular complexity index is 1430. The number of nitrogens with zero attached hydrogens (tertiary/aromatic N) is 4. The predicted octanol–water partition coefficient (Wildman–Crippen LogP) is 4.13. The van der Waals surface area contributed by atoms with Crippen molar-refractivity contribution in [3.63, 3.8) is 0 Å². The van der Waals surface area contributed by atoms with Gasteiger partial charge in [0.15, 0.2) is 0 Å². The van der Waals surface area contributed by atoms with Crippen LogP contribution in [0.4, 0.5) is 20.3 Å². The number of ether oxygens (including phenoxy) is 2. The van der Waals surface area contributed by atoms with Crippen molar-refractivity contribution in [3.8, 4) is 17.0 Å². The fourth-order valence-electron chi connectivity index (χ4n) is 4.27. The van der Waals surface area contributed by atoms with Gasteiger partial charge in [-0.3, -0.25) is 0 Å². The Kier molecular flexibility index (Phi) is 6.57. The number of fused-ring (bicyclic) bond motifs is 1. The lowest BCUT2D eigenvalue weighted by Crippen LogP contribution is -2.36. The second-order valence-corrected chi connectivity index (χ2v) is 8.68. The SMILES string of the molecule is COc1ccc([C@@H](O)c2cc(-c3cc(N)nc4cc(N5CCOCC5)cc(F)c34)c(F)cc2Cl)nn1. The maximum atomic E-state index is 15.5. The van der Waals surface area contributed by atoms with Gasteiger partial charge in [-0.15, -0.1) is 10.2 Å². The third kappa shape index (κ3) is 4.50. The molecule has 3 N–H and O–H groups in total. The largest absolute Gasteiger partial charge is 0.480 e. The summed E-state index contributed by atoms with van der Waals surface area (Å²) in [5.74, 6) is -0.926. The lowest BCUT2D eigenvalue weighted by molar-refractivity contribution is 0.122. The summed E-state index contributed by atoms with van der Waals surface area (Å²) in [6, 6.07) is 9.98. The van der Waals surface area contributed by atoms with Crippen molar-refractivity contribution >= 4 is 34.0 Å². The van der Waals surface area contributed by atoms with Gasteiger partial charge in [0, 0.05) is 51.9 Å². The van der Waals surface area contributed by atoms with Gasteiger partial charge in [-0.05, 0) is 36.4 Å². The number of aliphatic hydroxyl groups excluding tert-OH is 1. The van der Waals surface area contributed by atoms with Crippen LogP contribution in [0.15, 0.2) is 42.5 Å². The number of aliphatic hydroxyl groups is 1. The molecule has 2 aromatic heterocycles. The molecule has 1 fully saturated rings. The Labute approximate surface area is 210 Å². The maximum Gasteiger partial charge on any atom is 0.233 e. The number of morpholine rings is 1. The zero-order valence-corrected chi connectivity index (χ0v) is 20.0. The van der Waals surface area contributed by atoms with Crippen molar-refractivity contribution in [1.82, 2.24) is 15.2 Å². The first kappa shape index (κ1) is 24.1. The van der Waals surface area contributed by atoms with Gasteiger partial charge in [0.25, 0.3) is 0 Å². The summed E-state index contributed by atoms with van der Waals surface area (Å²) in [7, 11) is 1.44. The normalized spacial score (nSPS) is 14.8. The molecule has 36 heavy (non-hydrogen) atoms. The predicted molar refractivity (Wildman–Crippen MR) is 132 cm³/mol. The van der Waals surface area contributed by atoms with E-state index in [4.69, 9.17) is 26.8 Å². The zero-order chi connectivity index (χ0) is 25.4. The van der Waals surface area contributed by atoms with Crippen LogP contribution in [0.3, 0.4) is 0 Å². The number of methoxy groups -OCH3 is 1. The Morgan fingerprint density at radius 2 is 1.83 bits per heavy atom. The Balaban J connectivity index is 1.63. The van der Waals surface area contributed by atoms with Gasteiger partial charge in [-0.25, -0.2) is 13.8 Å². The highest BCUT2D eigenvalue weighted by atomic mass is 35.5. The van der Waals surface area contributed by atoms with Gasteiger partial charge in [0.1, 0.15) is 23.6 Å². The molecule has 0 aliphatic carbocycles. The van der Waals surface area contributed by atoms with E-state index in [2.05, 4.69) is 15.2 Å². The van der Waals surface area contributed by atoms with E-state index in [1.165, 1.54) is 37.4 Å². The highest BCUT2D eigenvalue weighted by Gasteiger charge is 2.23. The molecule has 0 radical (unpaired) electrons. The summed E-state index contributed by atoms with van der Waals surface area (Å²) in [4.78, 5) is 6.29. The first-order valence-corrected chi connectivity index (χ1v) is 11.5. The molecule has 0 saturated carbocycles. The van der Waals surface area contributed by atoms with Crippen LogP contribution in [0, 0.1) is 11.6 Å². The van der Waals surface area contributed by atoms with Crippen LogP contribution in [0.1, 0.15) is 17.4 Å². The Morgan fingerprint density at radius 3 is 2.53 bits per heavy atom. The van der Waals surface area contributed by atoms with Crippen molar-refractivity contribution in [2.75, 3.05) is 44.0 Å². The van der Waals surface area contributed by atoms with Crippen LogP contribution in [-0.4, -0.2) is 53.7 Å². The van der Waals surface area contributed by atoms with E-state index in [-0.39, 0.29) is 50.0 Å². The molecule has 1 aliphatic rings. The average molecular weight is 514 g/mol. The van der Waals surface area contributed by atoms with E-state index < -0.39 is 17.7 Å². The van der Waals surface area contributed by atoms with Crippen LogP contribution >= 0.6 is 11.6 Å². The minimum Gasteiger partial charge on any atom is -0.480 e. The van der Waals surface area contributed by atoms with Gasteiger partial charge < -0.3 is 25.2 Å². The topological polar surface area (TPSA) is 107 Å². The van der Waals surface area contributed by atoms with Crippen LogP contribution in [-0.2, 0) is 4.74 Å². The quantitative estimate of drug-likeness (QED) is 0.410. The van der Waals surface area contributed by atoms with E-state index >= 15 is 8.78 Å². The molecule has 3 heterocycles. The standard InChI is InChI=1S/C25H22ClF2N5O3/c1-35-23-3-2-20(31-32-23)25(34)16-10-14(18(27)12-17(16)26)15-11-22(29)30-21-9-13(8-19(28)24(15)21)33-4-6-36-7-5-33/h2-3,8-12,25,34H,4-7H2,1H3,(H2,29,30)/t25-/m0/s1. The minimum atomic E-state index is -1.32. The smallest absolute Gasteiger partial charge is 0.233 e. The minimum absolute atomic E-state index is 0.00652. The third-order valence-electron chi connectivity index (χ3n) is 6.06.